The van der Waals surface area contributed by atoms with Crippen molar-refractivity contribution in [2.24, 2.45) is 17.8 Å². The Balaban J connectivity index is 1.27. The molecule has 2 saturated heterocycles. The summed E-state index contributed by atoms with van der Waals surface area (Å²) in [5, 5.41) is 2.74. The average molecular weight is 410 g/mol. The van der Waals surface area contributed by atoms with Crippen molar-refractivity contribution in [3.05, 3.63) is 29.3 Å². The fourth-order valence-corrected chi connectivity index (χ4v) is 6.32. The van der Waals surface area contributed by atoms with E-state index in [1.54, 1.807) is 0 Å². The first kappa shape index (κ1) is 18.2. The van der Waals surface area contributed by atoms with Crippen molar-refractivity contribution in [3.8, 4) is 0 Å². The number of hydrogen-bond donors (Lipinski definition) is 1. The van der Waals surface area contributed by atoms with Gasteiger partial charge in [-0.25, -0.2) is 13.6 Å². The molecule has 2 aliphatic carbocycles. The number of fused-ring (bicyclic) bond motifs is 1. The number of rotatable bonds is 5. The Morgan fingerprint density at radius 2 is 1.89 bits per heavy atom. The number of ether oxygens (including phenoxy) is 1. The molecule has 0 spiro atoms. The van der Waals surface area contributed by atoms with E-state index in [-0.39, 0.29) is 53.9 Å². The molecule has 9 heteroatoms. The molecule has 2 saturated carbocycles. The van der Waals surface area contributed by atoms with E-state index in [1.165, 1.54) is 4.90 Å². The standard InChI is InChI=1S/C19H20F2N2O4S/c20-14-3-10(4-15(21)17(14)16-12-7-28(26)8-13(12)16)23-6-11(27-19(23)25)5-22-18(24)9-1-2-9/h3-4,9,11-13,16H,1-2,5-8H2,(H,22,24)/t11-,12-,13+,16?,28?/m0/s1. The molecule has 4 fully saturated rings. The summed E-state index contributed by atoms with van der Waals surface area (Å²) in [6.45, 7) is 0.304. The highest BCUT2D eigenvalue weighted by Gasteiger charge is 2.61. The second-order valence-electron chi connectivity index (χ2n) is 8.09. The van der Waals surface area contributed by atoms with Crippen LogP contribution in [-0.2, 0) is 20.7 Å². The number of amides is 2. The van der Waals surface area contributed by atoms with Crippen molar-refractivity contribution in [1.29, 1.82) is 0 Å². The number of nitrogens with one attached hydrogen (secondary N) is 1. The van der Waals surface area contributed by atoms with Gasteiger partial charge in [-0.15, -0.1) is 0 Å². The molecule has 1 N–H and O–H groups in total. The molecule has 4 aliphatic rings. The smallest absolute Gasteiger partial charge is 0.414 e. The quantitative estimate of drug-likeness (QED) is 0.752. The van der Waals surface area contributed by atoms with Crippen LogP contribution in [0.4, 0.5) is 19.3 Å². The van der Waals surface area contributed by atoms with Gasteiger partial charge < -0.3 is 14.6 Å². The van der Waals surface area contributed by atoms with Crippen molar-refractivity contribution >= 4 is 28.9 Å². The van der Waals surface area contributed by atoms with Crippen LogP contribution < -0.4 is 10.2 Å². The summed E-state index contributed by atoms with van der Waals surface area (Å²) in [5.41, 5.74) is 0.144. The van der Waals surface area contributed by atoms with Gasteiger partial charge in [0.25, 0.3) is 0 Å². The second-order valence-corrected chi connectivity index (χ2v) is 9.63. The van der Waals surface area contributed by atoms with E-state index in [9.17, 15) is 22.9 Å². The Morgan fingerprint density at radius 1 is 1.25 bits per heavy atom. The predicted octanol–water partition coefficient (Wildman–Crippen LogP) is 1.91. The van der Waals surface area contributed by atoms with Crippen LogP contribution in [0.5, 0.6) is 0 Å². The van der Waals surface area contributed by atoms with Gasteiger partial charge in [0, 0.05) is 29.2 Å². The molecule has 2 heterocycles. The molecule has 2 unspecified atom stereocenters. The van der Waals surface area contributed by atoms with Gasteiger partial charge in [0.15, 0.2) is 0 Å². The lowest BCUT2D eigenvalue weighted by Crippen LogP contribution is -2.35. The highest BCUT2D eigenvalue weighted by atomic mass is 32.2. The Bertz CT molecular complexity index is 814. The molecule has 5 rings (SSSR count). The molecule has 1 aromatic rings. The maximum atomic E-state index is 14.7. The first-order chi connectivity index (χ1) is 13.4. The molecule has 150 valence electrons. The zero-order valence-corrected chi connectivity index (χ0v) is 15.8. The van der Waals surface area contributed by atoms with Crippen molar-refractivity contribution in [2.75, 3.05) is 29.5 Å². The molecule has 0 bridgehead atoms. The number of carbonyl (C=O) groups is 2. The molecule has 28 heavy (non-hydrogen) atoms. The Hall–Kier alpha value is -1.87. The van der Waals surface area contributed by atoms with Gasteiger partial charge in [0.1, 0.15) is 29.2 Å². The SMILES string of the molecule is O=C(NC[C@H]1CN(c2cc(F)c(C3[C@H]4C[S+]([O-])C[C@@H]34)c(F)c2)C(=O)O1)C1CC1. The van der Waals surface area contributed by atoms with E-state index in [0.29, 0.717) is 11.5 Å². The van der Waals surface area contributed by atoms with Crippen LogP contribution >= 0.6 is 0 Å². The fourth-order valence-electron chi connectivity index (χ4n) is 4.41. The maximum absolute atomic E-state index is 14.7. The highest BCUT2D eigenvalue weighted by molar-refractivity contribution is 7.91. The van der Waals surface area contributed by atoms with E-state index >= 15 is 0 Å². The van der Waals surface area contributed by atoms with Crippen LogP contribution in [0.1, 0.15) is 24.3 Å². The minimum Gasteiger partial charge on any atom is -0.616 e. The summed E-state index contributed by atoms with van der Waals surface area (Å²) in [7, 11) is 0. The van der Waals surface area contributed by atoms with Crippen LogP contribution in [0.3, 0.4) is 0 Å². The van der Waals surface area contributed by atoms with Crippen molar-refractivity contribution in [2.45, 2.75) is 24.9 Å². The van der Waals surface area contributed by atoms with Gasteiger partial charge >= 0.3 is 6.09 Å². The molecule has 0 aromatic heterocycles. The van der Waals surface area contributed by atoms with Crippen LogP contribution in [0, 0.1) is 29.4 Å². The first-order valence-electron chi connectivity index (χ1n) is 9.52. The molecule has 6 nitrogen and oxygen atoms in total. The zero-order valence-electron chi connectivity index (χ0n) is 15.0. The zero-order chi connectivity index (χ0) is 19.6. The summed E-state index contributed by atoms with van der Waals surface area (Å²) in [5.74, 6) is -0.390. The molecular weight excluding hydrogens is 390 g/mol. The van der Waals surface area contributed by atoms with E-state index in [0.717, 1.165) is 25.0 Å². The summed E-state index contributed by atoms with van der Waals surface area (Å²) in [6.07, 6.45) is 0.521. The fraction of sp³-hybridized carbons (Fsp3) is 0.579. The third-order valence-electron chi connectivity index (χ3n) is 6.12. The number of benzene rings is 1. The van der Waals surface area contributed by atoms with Gasteiger partial charge in [-0.2, -0.15) is 0 Å². The van der Waals surface area contributed by atoms with Gasteiger partial charge in [-0.3, -0.25) is 9.69 Å². The number of hydrogen-bond acceptors (Lipinski definition) is 4. The van der Waals surface area contributed by atoms with Crippen LogP contribution in [0.15, 0.2) is 12.1 Å². The first-order valence-corrected chi connectivity index (χ1v) is 11.0. The highest BCUT2D eigenvalue weighted by Crippen LogP contribution is 2.60. The molecule has 1 aromatic carbocycles. The Kier molecular flexibility index (Phi) is 4.28. The monoisotopic (exact) mass is 410 g/mol. The van der Waals surface area contributed by atoms with Gasteiger partial charge in [-0.1, -0.05) is 11.2 Å². The van der Waals surface area contributed by atoms with Gasteiger partial charge in [-0.05, 0) is 25.0 Å². The number of cyclic esters (lactones) is 1. The van der Waals surface area contributed by atoms with Crippen molar-refractivity contribution in [3.63, 3.8) is 0 Å². The second kappa shape index (κ2) is 6.59. The van der Waals surface area contributed by atoms with E-state index in [1.807, 2.05) is 0 Å². The lowest BCUT2D eigenvalue weighted by atomic mass is 10.1. The molecule has 5 atom stereocenters. The predicted molar refractivity (Wildman–Crippen MR) is 97.3 cm³/mol. The van der Waals surface area contributed by atoms with E-state index < -0.39 is 35.0 Å². The number of anilines is 1. The Morgan fingerprint density at radius 3 is 2.50 bits per heavy atom. The minimum absolute atomic E-state index is 0.0382. The topological polar surface area (TPSA) is 81.7 Å². The average Bonchev–Trinajstić information content (AvgIpc) is 3.51. The third-order valence-corrected chi connectivity index (χ3v) is 7.64. The Labute approximate surface area is 163 Å². The largest absolute Gasteiger partial charge is 0.616 e. The number of carbonyl (C=O) groups excluding carboxylic acids is 2. The molecule has 2 amide bonds. The minimum atomic E-state index is -0.875. The maximum Gasteiger partial charge on any atom is 0.414 e. The normalized spacial score (nSPS) is 33.6. The lowest BCUT2D eigenvalue weighted by Gasteiger charge is -2.16. The van der Waals surface area contributed by atoms with Crippen LogP contribution in [0.25, 0.3) is 0 Å². The number of halogens is 2. The summed E-state index contributed by atoms with van der Waals surface area (Å²) < 4.78 is 46.1. The van der Waals surface area contributed by atoms with Crippen molar-refractivity contribution in [1.82, 2.24) is 5.32 Å². The third kappa shape index (κ3) is 3.14. The number of nitrogens with zero attached hydrogens (tertiary/aromatic N) is 1. The summed E-state index contributed by atoms with van der Waals surface area (Å²) in [6, 6.07) is 2.33. The molecule has 0 radical (unpaired) electrons. The molecular formula is C19H20F2N2O4S. The van der Waals surface area contributed by atoms with Crippen LogP contribution in [-0.4, -0.2) is 47.3 Å². The lowest BCUT2D eigenvalue weighted by molar-refractivity contribution is -0.122. The van der Waals surface area contributed by atoms with Crippen molar-refractivity contribution < 1.29 is 27.7 Å². The van der Waals surface area contributed by atoms with Gasteiger partial charge in [0.05, 0.1) is 18.8 Å². The van der Waals surface area contributed by atoms with Crippen LogP contribution in [0.2, 0.25) is 0 Å². The van der Waals surface area contributed by atoms with E-state index in [4.69, 9.17) is 4.74 Å². The summed E-state index contributed by atoms with van der Waals surface area (Å²) in [4.78, 5) is 25.0. The van der Waals surface area contributed by atoms with E-state index in [2.05, 4.69) is 5.32 Å². The molecule has 2 aliphatic heterocycles. The summed E-state index contributed by atoms with van der Waals surface area (Å²) >= 11 is -0.875. The van der Waals surface area contributed by atoms with Gasteiger partial charge in [0.2, 0.25) is 5.91 Å².